The van der Waals surface area contributed by atoms with Crippen LogP contribution in [0.5, 0.6) is 0 Å². The molecule has 2 heterocycles. The van der Waals surface area contributed by atoms with Crippen molar-refractivity contribution >= 4 is 23.3 Å². The van der Waals surface area contributed by atoms with Crippen molar-refractivity contribution in [3.63, 3.8) is 0 Å². The van der Waals surface area contributed by atoms with Crippen molar-refractivity contribution in [3.05, 3.63) is 22.8 Å². The minimum absolute atomic E-state index is 0.0587. The van der Waals surface area contributed by atoms with Crippen molar-refractivity contribution in [1.29, 1.82) is 0 Å². The molecule has 104 valence electrons. The van der Waals surface area contributed by atoms with Gasteiger partial charge in [-0.1, -0.05) is 18.5 Å². The van der Waals surface area contributed by atoms with Gasteiger partial charge in [0, 0.05) is 19.6 Å². The summed E-state index contributed by atoms with van der Waals surface area (Å²) in [6.07, 6.45) is 2.10. The molecule has 1 saturated heterocycles. The lowest BCUT2D eigenvalue weighted by Gasteiger charge is -2.30. The predicted molar refractivity (Wildman–Crippen MR) is 77.7 cm³/mol. The molecular weight excluding hydrogens is 262 g/mol. The van der Waals surface area contributed by atoms with Gasteiger partial charge in [0.05, 0.1) is 5.02 Å². The molecule has 1 aromatic heterocycles. The average molecular weight is 282 g/mol. The number of nitrogens with zero attached hydrogens (tertiary/aromatic N) is 2. The van der Waals surface area contributed by atoms with Crippen LogP contribution in [0.2, 0.25) is 5.02 Å². The van der Waals surface area contributed by atoms with Crippen molar-refractivity contribution < 1.29 is 4.79 Å². The maximum absolute atomic E-state index is 12.4. The number of pyridine rings is 1. The van der Waals surface area contributed by atoms with E-state index in [1.54, 1.807) is 12.1 Å². The third kappa shape index (κ3) is 3.38. The van der Waals surface area contributed by atoms with E-state index in [1.807, 2.05) is 11.8 Å². The van der Waals surface area contributed by atoms with Crippen LogP contribution < -0.4 is 5.32 Å². The molecule has 0 atom stereocenters. The van der Waals surface area contributed by atoms with Gasteiger partial charge in [-0.25, -0.2) is 4.98 Å². The molecule has 1 N–H and O–H groups in total. The van der Waals surface area contributed by atoms with E-state index in [0.717, 1.165) is 32.5 Å². The molecule has 1 aromatic rings. The van der Waals surface area contributed by atoms with Crippen LogP contribution in [0.15, 0.2) is 12.1 Å². The summed E-state index contributed by atoms with van der Waals surface area (Å²) in [4.78, 5) is 18.6. The van der Waals surface area contributed by atoms with E-state index in [4.69, 9.17) is 11.6 Å². The number of halogens is 1. The largest absolute Gasteiger partial charge is 0.370 e. The van der Waals surface area contributed by atoms with E-state index in [1.165, 1.54) is 0 Å². The number of carbonyl (C=O) groups is 1. The molecule has 1 fully saturated rings. The molecule has 1 aliphatic rings. The number of carbonyl (C=O) groups excluding carboxylic acids is 1. The number of hydrogen-bond acceptors (Lipinski definition) is 3. The predicted octanol–water partition coefficient (Wildman–Crippen LogP) is 3.04. The molecule has 0 saturated carbocycles. The Labute approximate surface area is 119 Å². The van der Waals surface area contributed by atoms with Gasteiger partial charge in [0.2, 0.25) is 0 Å². The number of nitrogens with one attached hydrogen (secondary N) is 1. The van der Waals surface area contributed by atoms with Gasteiger partial charge in [-0.05, 0) is 37.8 Å². The van der Waals surface area contributed by atoms with Crippen LogP contribution >= 0.6 is 11.6 Å². The van der Waals surface area contributed by atoms with Crippen molar-refractivity contribution in [3.8, 4) is 0 Å². The molecule has 0 spiro atoms. The average Bonchev–Trinajstić information content (AvgIpc) is 2.41. The molecular formula is C14H20ClN3O. The molecule has 0 bridgehead atoms. The molecule has 0 radical (unpaired) electrons. The van der Waals surface area contributed by atoms with Crippen LogP contribution in [0.25, 0.3) is 0 Å². The fraction of sp³-hybridized carbons (Fsp3) is 0.571. The lowest BCUT2D eigenvalue weighted by molar-refractivity contribution is 0.0691. The van der Waals surface area contributed by atoms with Gasteiger partial charge in [-0.15, -0.1) is 0 Å². The Kier molecular flexibility index (Phi) is 4.64. The molecule has 4 nitrogen and oxygen atoms in total. The first-order valence-corrected chi connectivity index (χ1v) is 7.19. The van der Waals surface area contributed by atoms with Crippen LogP contribution in [-0.4, -0.2) is 35.4 Å². The van der Waals surface area contributed by atoms with Crippen LogP contribution in [-0.2, 0) is 0 Å². The number of rotatable bonds is 3. The van der Waals surface area contributed by atoms with Crippen molar-refractivity contribution in [2.45, 2.75) is 26.7 Å². The van der Waals surface area contributed by atoms with Gasteiger partial charge >= 0.3 is 0 Å². The molecule has 19 heavy (non-hydrogen) atoms. The van der Waals surface area contributed by atoms with E-state index >= 15 is 0 Å². The van der Waals surface area contributed by atoms with Crippen LogP contribution in [0, 0.1) is 5.92 Å². The fourth-order valence-corrected chi connectivity index (χ4v) is 2.42. The second-order valence-electron chi connectivity index (χ2n) is 5.03. The molecule has 2 rings (SSSR count). The summed E-state index contributed by atoms with van der Waals surface area (Å²) in [7, 11) is 0. The summed E-state index contributed by atoms with van der Waals surface area (Å²) in [5, 5.41) is 3.52. The molecule has 1 aliphatic heterocycles. The highest BCUT2D eigenvalue weighted by atomic mass is 35.5. The number of aromatic nitrogens is 1. The third-order valence-corrected chi connectivity index (χ3v) is 3.78. The molecule has 0 unspecified atom stereocenters. The first-order valence-electron chi connectivity index (χ1n) is 6.81. The highest BCUT2D eigenvalue weighted by Gasteiger charge is 2.24. The van der Waals surface area contributed by atoms with E-state index < -0.39 is 0 Å². The topological polar surface area (TPSA) is 45.2 Å². The van der Waals surface area contributed by atoms with E-state index in [9.17, 15) is 4.79 Å². The van der Waals surface area contributed by atoms with Crippen LogP contribution in [0.1, 0.15) is 37.2 Å². The first-order chi connectivity index (χ1) is 9.11. The Hall–Kier alpha value is -1.29. The van der Waals surface area contributed by atoms with E-state index in [-0.39, 0.29) is 5.91 Å². The second kappa shape index (κ2) is 6.24. The van der Waals surface area contributed by atoms with Gasteiger partial charge < -0.3 is 10.2 Å². The highest BCUT2D eigenvalue weighted by molar-refractivity contribution is 6.33. The van der Waals surface area contributed by atoms with E-state index in [0.29, 0.717) is 22.5 Å². The number of anilines is 1. The van der Waals surface area contributed by atoms with Crippen LogP contribution in [0.3, 0.4) is 0 Å². The summed E-state index contributed by atoms with van der Waals surface area (Å²) in [6, 6.07) is 3.52. The summed E-state index contributed by atoms with van der Waals surface area (Å²) >= 11 is 6.10. The Morgan fingerprint density at radius 2 is 2.16 bits per heavy atom. The monoisotopic (exact) mass is 281 g/mol. The number of likely N-dealkylation sites (tertiary alicyclic amines) is 1. The van der Waals surface area contributed by atoms with Crippen molar-refractivity contribution in [1.82, 2.24) is 9.88 Å². The molecule has 1 amide bonds. The fourth-order valence-electron chi connectivity index (χ4n) is 2.23. The van der Waals surface area contributed by atoms with Crippen LogP contribution in [0.4, 0.5) is 5.82 Å². The summed E-state index contributed by atoms with van der Waals surface area (Å²) in [5.74, 6) is 1.33. The zero-order chi connectivity index (χ0) is 13.8. The quantitative estimate of drug-likeness (QED) is 0.926. The maximum Gasteiger partial charge on any atom is 0.274 e. The normalized spacial score (nSPS) is 16.5. The zero-order valence-corrected chi connectivity index (χ0v) is 12.2. The third-order valence-electron chi connectivity index (χ3n) is 3.48. The number of hydrogen-bond donors (Lipinski definition) is 1. The van der Waals surface area contributed by atoms with Gasteiger partial charge in [0.15, 0.2) is 0 Å². The van der Waals surface area contributed by atoms with Crippen molar-refractivity contribution in [2.24, 2.45) is 5.92 Å². The SMILES string of the molecule is CCNc1ccc(Cl)c(C(=O)N2CCC(C)CC2)n1. The van der Waals surface area contributed by atoms with Gasteiger partial charge in [0.1, 0.15) is 11.5 Å². The standard InChI is InChI=1S/C14H20ClN3O/c1-3-16-12-5-4-11(15)13(17-12)14(19)18-8-6-10(2)7-9-18/h4-5,10H,3,6-9H2,1-2H3,(H,16,17). The highest BCUT2D eigenvalue weighted by Crippen LogP contribution is 2.22. The smallest absolute Gasteiger partial charge is 0.274 e. The molecule has 5 heteroatoms. The first kappa shape index (κ1) is 14.1. The zero-order valence-electron chi connectivity index (χ0n) is 11.4. The Bertz CT molecular complexity index is 456. The lowest BCUT2D eigenvalue weighted by atomic mass is 9.99. The second-order valence-corrected chi connectivity index (χ2v) is 5.44. The van der Waals surface area contributed by atoms with Crippen molar-refractivity contribution in [2.75, 3.05) is 25.0 Å². The Morgan fingerprint density at radius 1 is 1.47 bits per heavy atom. The van der Waals surface area contributed by atoms with Gasteiger partial charge in [0.25, 0.3) is 5.91 Å². The lowest BCUT2D eigenvalue weighted by Crippen LogP contribution is -2.38. The summed E-state index contributed by atoms with van der Waals surface area (Å²) < 4.78 is 0. The van der Waals surface area contributed by atoms with Gasteiger partial charge in [-0.3, -0.25) is 4.79 Å². The minimum Gasteiger partial charge on any atom is -0.370 e. The molecule has 0 aromatic carbocycles. The number of piperidine rings is 1. The minimum atomic E-state index is -0.0587. The van der Waals surface area contributed by atoms with E-state index in [2.05, 4.69) is 17.2 Å². The Morgan fingerprint density at radius 3 is 2.79 bits per heavy atom. The maximum atomic E-state index is 12.4. The molecule has 0 aliphatic carbocycles. The number of amides is 1. The Balaban J connectivity index is 2.15. The van der Waals surface area contributed by atoms with Gasteiger partial charge in [-0.2, -0.15) is 0 Å². The summed E-state index contributed by atoms with van der Waals surface area (Å²) in [6.45, 7) is 6.57. The summed E-state index contributed by atoms with van der Waals surface area (Å²) in [5.41, 5.74) is 0.356.